The molecule has 3 rings (SSSR count). The molecule has 0 aliphatic carbocycles. The van der Waals surface area contributed by atoms with Gasteiger partial charge >= 0.3 is 5.97 Å². The standard InChI is InChI=1S/C23H28N4O6S/c1-17-5-7-19(8-6-17)25-21(28)15-26(2)22(29)16-33-23(30)18-9-12-27(13-10-18)34(31,32)20-4-3-11-24-14-20/h3-8,11,14,18H,9-10,12-13,15-16H2,1-2H3,(H,25,28). The zero-order valence-electron chi connectivity index (χ0n) is 19.1. The number of pyridine rings is 1. The van der Waals surface area contributed by atoms with Crippen molar-refractivity contribution in [2.24, 2.45) is 5.92 Å². The van der Waals surface area contributed by atoms with Crippen molar-refractivity contribution in [3.05, 3.63) is 54.4 Å². The molecular weight excluding hydrogens is 460 g/mol. The first-order valence-electron chi connectivity index (χ1n) is 10.8. The third kappa shape index (κ3) is 6.61. The van der Waals surface area contributed by atoms with Crippen LogP contribution in [-0.4, -0.2) is 73.7 Å². The third-order valence-corrected chi connectivity index (χ3v) is 7.42. The van der Waals surface area contributed by atoms with Crippen molar-refractivity contribution < 1.29 is 27.5 Å². The SMILES string of the molecule is Cc1ccc(NC(=O)CN(C)C(=O)COC(=O)C2CCN(S(=O)(=O)c3cccnc3)CC2)cc1. The number of carbonyl (C=O) groups excluding carboxylic acids is 3. The summed E-state index contributed by atoms with van der Waals surface area (Å²) in [6.07, 6.45) is 3.37. The van der Waals surface area contributed by atoms with E-state index in [-0.39, 0.29) is 30.4 Å². The Bertz CT molecular complexity index is 1110. The van der Waals surface area contributed by atoms with E-state index in [1.807, 2.05) is 19.1 Å². The Morgan fingerprint density at radius 1 is 1.15 bits per heavy atom. The number of aryl methyl sites for hydroxylation is 1. The zero-order valence-corrected chi connectivity index (χ0v) is 20.0. The smallest absolute Gasteiger partial charge is 0.309 e. The summed E-state index contributed by atoms with van der Waals surface area (Å²) >= 11 is 0. The molecule has 10 nitrogen and oxygen atoms in total. The molecule has 1 aliphatic heterocycles. The van der Waals surface area contributed by atoms with Gasteiger partial charge in [-0.05, 0) is 44.0 Å². The number of hydrogen-bond acceptors (Lipinski definition) is 7. The Balaban J connectivity index is 1.41. The molecule has 1 saturated heterocycles. The molecule has 0 bridgehead atoms. The van der Waals surface area contributed by atoms with Crippen molar-refractivity contribution in [3.63, 3.8) is 0 Å². The molecule has 11 heteroatoms. The van der Waals surface area contributed by atoms with Crippen LogP contribution in [-0.2, 0) is 29.1 Å². The van der Waals surface area contributed by atoms with Gasteiger partial charge in [0.05, 0.1) is 12.5 Å². The number of aromatic nitrogens is 1. The summed E-state index contributed by atoms with van der Waals surface area (Å²) < 4.78 is 31.8. The highest BCUT2D eigenvalue weighted by Gasteiger charge is 2.33. The van der Waals surface area contributed by atoms with E-state index in [0.29, 0.717) is 18.5 Å². The van der Waals surface area contributed by atoms with Crippen LogP contribution in [0.4, 0.5) is 5.69 Å². The van der Waals surface area contributed by atoms with Gasteiger partial charge < -0.3 is 15.0 Å². The van der Waals surface area contributed by atoms with Gasteiger partial charge in [-0.3, -0.25) is 19.4 Å². The molecule has 0 unspecified atom stereocenters. The molecule has 0 radical (unpaired) electrons. The number of likely N-dealkylation sites (N-methyl/N-ethyl adjacent to an activating group) is 1. The Morgan fingerprint density at radius 3 is 2.44 bits per heavy atom. The van der Waals surface area contributed by atoms with Gasteiger partial charge in [0.25, 0.3) is 5.91 Å². The Labute approximate surface area is 199 Å². The van der Waals surface area contributed by atoms with Crippen LogP contribution in [0.5, 0.6) is 0 Å². The van der Waals surface area contributed by atoms with Gasteiger partial charge in [0, 0.05) is 38.2 Å². The first-order valence-corrected chi connectivity index (χ1v) is 12.3. The van der Waals surface area contributed by atoms with Gasteiger partial charge in [-0.25, -0.2) is 8.42 Å². The minimum atomic E-state index is -3.66. The van der Waals surface area contributed by atoms with Gasteiger partial charge in [-0.15, -0.1) is 0 Å². The first kappa shape index (κ1) is 25.3. The van der Waals surface area contributed by atoms with Crippen molar-refractivity contribution in [1.82, 2.24) is 14.2 Å². The number of anilines is 1. The van der Waals surface area contributed by atoms with E-state index in [2.05, 4.69) is 10.3 Å². The summed E-state index contributed by atoms with van der Waals surface area (Å²) in [6.45, 7) is 1.61. The fourth-order valence-electron chi connectivity index (χ4n) is 3.48. The molecule has 34 heavy (non-hydrogen) atoms. The van der Waals surface area contributed by atoms with Crippen LogP contribution in [0.2, 0.25) is 0 Å². The zero-order chi connectivity index (χ0) is 24.7. The monoisotopic (exact) mass is 488 g/mol. The normalized spacial score (nSPS) is 14.9. The molecule has 1 aromatic carbocycles. The maximum Gasteiger partial charge on any atom is 0.309 e. The number of piperidine rings is 1. The Hall–Kier alpha value is -3.31. The average molecular weight is 489 g/mol. The summed E-state index contributed by atoms with van der Waals surface area (Å²) in [5.41, 5.74) is 1.69. The van der Waals surface area contributed by atoms with Crippen LogP contribution in [0.15, 0.2) is 53.7 Å². The van der Waals surface area contributed by atoms with Crippen LogP contribution in [0, 0.1) is 12.8 Å². The molecular formula is C23H28N4O6S. The van der Waals surface area contributed by atoms with E-state index in [1.54, 1.807) is 18.2 Å². The highest BCUT2D eigenvalue weighted by Crippen LogP contribution is 2.24. The van der Waals surface area contributed by atoms with Crippen LogP contribution in [0.25, 0.3) is 0 Å². The Morgan fingerprint density at radius 2 is 1.82 bits per heavy atom. The number of sulfonamides is 1. The predicted molar refractivity (Wildman–Crippen MR) is 124 cm³/mol. The minimum Gasteiger partial charge on any atom is -0.455 e. The molecule has 182 valence electrons. The lowest BCUT2D eigenvalue weighted by atomic mass is 9.98. The lowest BCUT2D eigenvalue weighted by molar-refractivity contribution is -0.156. The van der Waals surface area contributed by atoms with Crippen molar-refractivity contribution in [1.29, 1.82) is 0 Å². The molecule has 2 aromatic rings. The molecule has 2 amide bonds. The van der Waals surface area contributed by atoms with E-state index in [1.165, 1.54) is 34.7 Å². The minimum absolute atomic E-state index is 0.107. The first-order chi connectivity index (χ1) is 16.2. The summed E-state index contributed by atoms with van der Waals surface area (Å²) in [5.74, 6) is -1.93. The van der Waals surface area contributed by atoms with Crippen LogP contribution < -0.4 is 5.32 Å². The van der Waals surface area contributed by atoms with Gasteiger partial charge in [-0.2, -0.15) is 4.31 Å². The largest absolute Gasteiger partial charge is 0.455 e. The molecule has 1 aliphatic rings. The third-order valence-electron chi connectivity index (χ3n) is 5.54. The number of nitrogens with one attached hydrogen (secondary N) is 1. The second kappa shape index (κ2) is 11.2. The van der Waals surface area contributed by atoms with Gasteiger partial charge in [-0.1, -0.05) is 17.7 Å². The Kier molecular flexibility index (Phi) is 8.35. The summed E-state index contributed by atoms with van der Waals surface area (Å²) in [5, 5.41) is 2.70. The summed E-state index contributed by atoms with van der Waals surface area (Å²) in [4.78, 5) is 41.9. The maximum atomic E-state index is 12.7. The number of carbonyl (C=O) groups is 3. The number of amides is 2. The highest BCUT2D eigenvalue weighted by atomic mass is 32.2. The van der Waals surface area contributed by atoms with Gasteiger partial charge in [0.1, 0.15) is 4.90 Å². The van der Waals surface area contributed by atoms with Crippen LogP contribution in [0.3, 0.4) is 0 Å². The van der Waals surface area contributed by atoms with Crippen LogP contribution >= 0.6 is 0 Å². The predicted octanol–water partition coefficient (Wildman–Crippen LogP) is 1.43. The summed E-state index contributed by atoms with van der Waals surface area (Å²) in [6, 6.07) is 10.3. The number of nitrogens with zero attached hydrogens (tertiary/aromatic N) is 3. The lowest BCUT2D eigenvalue weighted by Gasteiger charge is -2.30. The highest BCUT2D eigenvalue weighted by molar-refractivity contribution is 7.89. The van der Waals surface area contributed by atoms with E-state index >= 15 is 0 Å². The van der Waals surface area contributed by atoms with E-state index in [9.17, 15) is 22.8 Å². The van der Waals surface area contributed by atoms with Crippen LogP contribution in [0.1, 0.15) is 18.4 Å². The molecule has 1 fully saturated rings. The van der Waals surface area contributed by atoms with Gasteiger partial charge in [0.15, 0.2) is 6.61 Å². The number of rotatable bonds is 8. The van der Waals surface area contributed by atoms with E-state index < -0.39 is 34.4 Å². The average Bonchev–Trinajstić information content (AvgIpc) is 2.84. The summed E-state index contributed by atoms with van der Waals surface area (Å²) in [7, 11) is -2.21. The fourth-order valence-corrected chi connectivity index (χ4v) is 4.92. The van der Waals surface area contributed by atoms with Crippen molar-refractivity contribution in [2.75, 3.05) is 38.6 Å². The number of benzene rings is 1. The second-order valence-corrected chi connectivity index (χ2v) is 10.1. The van der Waals surface area contributed by atoms with Crippen molar-refractivity contribution >= 4 is 33.5 Å². The molecule has 0 spiro atoms. The number of esters is 1. The number of hydrogen-bond donors (Lipinski definition) is 1. The quantitative estimate of drug-likeness (QED) is 0.557. The topological polar surface area (TPSA) is 126 Å². The lowest BCUT2D eigenvalue weighted by Crippen LogP contribution is -2.41. The number of ether oxygens (including phenoxy) is 1. The molecule has 0 atom stereocenters. The fraction of sp³-hybridized carbons (Fsp3) is 0.391. The molecule has 2 heterocycles. The molecule has 0 saturated carbocycles. The second-order valence-electron chi connectivity index (χ2n) is 8.14. The maximum absolute atomic E-state index is 12.7. The van der Waals surface area contributed by atoms with Gasteiger partial charge in [0.2, 0.25) is 15.9 Å². The molecule has 1 N–H and O–H groups in total. The molecule has 1 aromatic heterocycles. The van der Waals surface area contributed by atoms with Crippen molar-refractivity contribution in [2.45, 2.75) is 24.7 Å². The van der Waals surface area contributed by atoms with E-state index in [0.717, 1.165) is 5.56 Å². The van der Waals surface area contributed by atoms with E-state index in [4.69, 9.17) is 4.74 Å². The van der Waals surface area contributed by atoms with Crippen molar-refractivity contribution in [3.8, 4) is 0 Å².